The highest BCUT2D eigenvalue weighted by atomic mass is 19.4. The number of nitrogens with zero attached hydrogens (tertiary/aromatic N) is 4. The lowest BCUT2D eigenvalue weighted by Gasteiger charge is -2.45. The Morgan fingerprint density at radius 2 is 1.84 bits per heavy atom. The van der Waals surface area contributed by atoms with Crippen molar-refractivity contribution < 1.29 is 45.9 Å². The molecule has 2 saturated heterocycles. The first-order chi connectivity index (χ1) is 23.2. The molecule has 3 aromatic rings. The highest BCUT2D eigenvalue weighted by molar-refractivity contribution is 6.08. The van der Waals surface area contributed by atoms with Crippen molar-refractivity contribution in [1.29, 1.82) is 0 Å². The number of ether oxygens (including phenoxy) is 1. The van der Waals surface area contributed by atoms with E-state index in [2.05, 4.69) is 10.3 Å². The van der Waals surface area contributed by atoms with Crippen molar-refractivity contribution in [2.75, 3.05) is 32.8 Å². The average Bonchev–Trinajstić information content (AvgIpc) is 3.25. The van der Waals surface area contributed by atoms with E-state index in [1.807, 2.05) is 0 Å². The molecule has 49 heavy (non-hydrogen) atoms. The number of imide groups is 1. The van der Waals surface area contributed by atoms with Gasteiger partial charge >= 0.3 is 12.2 Å². The minimum atomic E-state index is -4.88. The Labute approximate surface area is 277 Å². The summed E-state index contributed by atoms with van der Waals surface area (Å²) in [6.45, 7) is -2.00. The van der Waals surface area contributed by atoms with Crippen LogP contribution in [0.4, 0.5) is 26.7 Å². The van der Waals surface area contributed by atoms with Gasteiger partial charge in [-0.3, -0.25) is 24.3 Å². The number of alkyl halides is 3. The molecule has 5 amide bonds. The number of nitrogens with two attached hydrogens (primary N) is 1. The van der Waals surface area contributed by atoms with E-state index in [4.69, 9.17) is 10.5 Å². The first-order valence-corrected chi connectivity index (χ1v) is 15.3. The summed E-state index contributed by atoms with van der Waals surface area (Å²) in [6, 6.07) is 11.0. The summed E-state index contributed by atoms with van der Waals surface area (Å²) in [7, 11) is 0. The highest BCUT2D eigenvalue weighted by Gasteiger charge is 2.61. The van der Waals surface area contributed by atoms with Crippen molar-refractivity contribution in [2.45, 2.75) is 43.8 Å². The summed E-state index contributed by atoms with van der Waals surface area (Å²) in [4.78, 5) is 61.0. The smallest absolute Gasteiger partial charge is 0.374 e. The van der Waals surface area contributed by atoms with Crippen LogP contribution in [-0.4, -0.2) is 94.0 Å². The zero-order valence-corrected chi connectivity index (χ0v) is 26.3. The van der Waals surface area contributed by atoms with E-state index in [1.165, 1.54) is 23.2 Å². The lowest BCUT2D eigenvalue weighted by atomic mass is 9.88. The summed E-state index contributed by atoms with van der Waals surface area (Å²) >= 11 is 0. The van der Waals surface area contributed by atoms with E-state index in [0.717, 1.165) is 17.0 Å². The van der Waals surface area contributed by atoms with Gasteiger partial charge in [-0.05, 0) is 42.8 Å². The fourth-order valence-electron chi connectivity index (χ4n) is 5.92. The van der Waals surface area contributed by atoms with Crippen LogP contribution in [0.25, 0.3) is 0 Å². The van der Waals surface area contributed by atoms with E-state index >= 15 is 0 Å². The topological polar surface area (TPSA) is 138 Å². The van der Waals surface area contributed by atoms with Gasteiger partial charge < -0.3 is 25.6 Å². The Morgan fingerprint density at radius 3 is 2.51 bits per heavy atom. The van der Waals surface area contributed by atoms with Crippen molar-refractivity contribution >= 4 is 23.8 Å². The fourth-order valence-corrected chi connectivity index (χ4v) is 5.92. The molecule has 3 atom stereocenters. The Bertz CT molecular complexity index is 1730. The molecule has 0 bridgehead atoms. The van der Waals surface area contributed by atoms with Crippen molar-refractivity contribution in [2.24, 2.45) is 5.73 Å². The van der Waals surface area contributed by atoms with Crippen LogP contribution < -0.4 is 11.1 Å². The monoisotopic (exact) mass is 688 g/mol. The Morgan fingerprint density at radius 1 is 1.06 bits per heavy atom. The molecule has 5 rings (SSSR count). The predicted octanol–water partition coefficient (Wildman–Crippen LogP) is 3.34. The van der Waals surface area contributed by atoms with Crippen molar-refractivity contribution in [3.8, 4) is 0 Å². The molecule has 260 valence electrons. The molecular formula is C33H33F5N6O5. The van der Waals surface area contributed by atoms with Gasteiger partial charge in [-0.15, -0.1) is 0 Å². The van der Waals surface area contributed by atoms with E-state index in [0.29, 0.717) is 17.3 Å². The zero-order valence-electron chi connectivity index (χ0n) is 26.3. The molecule has 0 saturated carbocycles. The van der Waals surface area contributed by atoms with Gasteiger partial charge in [0.15, 0.2) is 0 Å². The molecule has 3 heterocycles. The quantitative estimate of drug-likeness (QED) is 0.233. The van der Waals surface area contributed by atoms with Crippen LogP contribution in [0.2, 0.25) is 0 Å². The number of aromatic nitrogens is 1. The van der Waals surface area contributed by atoms with Gasteiger partial charge in [0.1, 0.15) is 29.8 Å². The van der Waals surface area contributed by atoms with Gasteiger partial charge in [-0.2, -0.15) is 13.2 Å². The highest BCUT2D eigenvalue weighted by Crippen LogP contribution is 2.36. The third kappa shape index (κ3) is 7.86. The van der Waals surface area contributed by atoms with Crippen LogP contribution in [0.5, 0.6) is 0 Å². The van der Waals surface area contributed by atoms with Crippen LogP contribution in [0.15, 0.2) is 66.9 Å². The Hall–Kier alpha value is -4.96. The number of amides is 5. The number of carbonyl (C=O) groups is 4. The van der Waals surface area contributed by atoms with Crippen LogP contribution in [0, 0.1) is 11.6 Å². The fraction of sp³-hybridized carbons (Fsp3) is 0.364. The van der Waals surface area contributed by atoms with Crippen molar-refractivity contribution in [3.05, 3.63) is 101 Å². The normalized spacial score (nSPS) is 19.1. The summed E-state index contributed by atoms with van der Waals surface area (Å²) in [6.07, 6.45) is -3.75. The van der Waals surface area contributed by atoms with E-state index in [9.17, 15) is 41.1 Å². The molecule has 0 spiro atoms. The third-order valence-electron chi connectivity index (χ3n) is 8.35. The number of piperazine rings is 1. The van der Waals surface area contributed by atoms with Gasteiger partial charge in [-0.1, -0.05) is 24.3 Å². The minimum Gasteiger partial charge on any atom is -0.374 e. The van der Waals surface area contributed by atoms with Gasteiger partial charge in [0.2, 0.25) is 5.91 Å². The lowest BCUT2D eigenvalue weighted by Crippen LogP contribution is -2.67. The molecule has 16 heteroatoms. The van der Waals surface area contributed by atoms with Gasteiger partial charge in [0.25, 0.3) is 11.8 Å². The number of hydrogen-bond donors (Lipinski definition) is 2. The van der Waals surface area contributed by atoms with Gasteiger partial charge in [-0.25, -0.2) is 13.6 Å². The molecule has 1 aromatic heterocycles. The number of urea groups is 1. The van der Waals surface area contributed by atoms with E-state index < -0.39 is 85.5 Å². The number of pyridine rings is 1. The van der Waals surface area contributed by atoms with Gasteiger partial charge in [0, 0.05) is 54.6 Å². The number of nitrogens with one attached hydrogen (secondary N) is 1. The van der Waals surface area contributed by atoms with E-state index in [1.54, 1.807) is 37.3 Å². The summed E-state index contributed by atoms with van der Waals surface area (Å²) in [5.41, 5.74) is 5.10. The number of benzene rings is 2. The first kappa shape index (κ1) is 35.3. The molecule has 0 radical (unpaired) electrons. The second-order valence-corrected chi connectivity index (χ2v) is 11.9. The second-order valence-electron chi connectivity index (χ2n) is 11.9. The molecule has 3 unspecified atom stereocenters. The number of carbonyl (C=O) groups excluding carboxylic acids is 4. The Kier molecular flexibility index (Phi) is 10.3. The summed E-state index contributed by atoms with van der Waals surface area (Å²) < 4.78 is 73.7. The maximum atomic E-state index is 14.3. The lowest BCUT2D eigenvalue weighted by molar-refractivity contribution is -0.157. The molecule has 2 aliphatic heterocycles. The molecule has 11 nitrogen and oxygen atoms in total. The van der Waals surface area contributed by atoms with E-state index in [-0.39, 0.29) is 35.5 Å². The number of rotatable bonds is 11. The molecular weight excluding hydrogens is 655 g/mol. The predicted molar refractivity (Wildman–Crippen MR) is 163 cm³/mol. The standard InChI is InChI=1S/C33H33F5N6O5/c1-20(39)21-5-4-6-22(13-21)28(45)41-27(17-49-16-23-8-9-24(34)14-26(23)35)29(46)42-11-12-44-31(48)43(19-33(36,37)38)30(47)32(44,18-42)15-25-7-2-3-10-40-25/h2-10,13-14,20,27H,11-12,15-19,39H2,1H3,(H,41,45). The minimum absolute atomic E-state index is 0.0219. The molecule has 2 aliphatic rings. The second kappa shape index (κ2) is 14.3. The Balaban J connectivity index is 1.43. The first-order valence-electron chi connectivity index (χ1n) is 15.3. The largest absolute Gasteiger partial charge is 0.406 e. The van der Waals surface area contributed by atoms with Crippen molar-refractivity contribution in [3.63, 3.8) is 0 Å². The van der Waals surface area contributed by atoms with Gasteiger partial charge in [0.05, 0.1) is 19.8 Å². The molecule has 0 aliphatic carbocycles. The summed E-state index contributed by atoms with van der Waals surface area (Å²) in [5.74, 6) is -4.30. The zero-order chi connectivity index (χ0) is 35.5. The maximum Gasteiger partial charge on any atom is 0.406 e. The molecule has 2 aromatic carbocycles. The number of halogens is 5. The van der Waals surface area contributed by atoms with Crippen LogP contribution >= 0.6 is 0 Å². The van der Waals surface area contributed by atoms with Crippen LogP contribution in [-0.2, 0) is 27.4 Å². The summed E-state index contributed by atoms with van der Waals surface area (Å²) in [5, 5.41) is 2.60. The average molecular weight is 689 g/mol. The SMILES string of the molecule is CC(N)c1cccc(C(=O)NC(COCc2ccc(F)cc2F)C(=O)N2CCN3C(=O)N(CC(F)(F)F)C(=O)C3(Cc3ccccn3)C2)c1. The number of fused-ring (bicyclic) bond motifs is 1. The van der Waals surface area contributed by atoms with Crippen molar-refractivity contribution in [1.82, 2.24) is 25.0 Å². The molecule has 3 N–H and O–H groups in total. The maximum absolute atomic E-state index is 14.3. The number of hydrogen-bond acceptors (Lipinski definition) is 7. The van der Waals surface area contributed by atoms with Crippen LogP contribution in [0.1, 0.15) is 40.1 Å². The third-order valence-corrected chi connectivity index (χ3v) is 8.35. The molecule has 2 fully saturated rings. The van der Waals surface area contributed by atoms with Crippen LogP contribution in [0.3, 0.4) is 0 Å².